The quantitative estimate of drug-likeness (QED) is 0.412. The van der Waals surface area contributed by atoms with Crippen LogP contribution in [0.1, 0.15) is 32.1 Å². The molecule has 0 atom stereocenters. The van der Waals surface area contributed by atoms with E-state index in [1.165, 1.54) is 41.9 Å². The normalized spacial score (nSPS) is 10.8. The Labute approximate surface area is 147 Å². The lowest BCUT2D eigenvalue weighted by Gasteiger charge is -2.04. The summed E-state index contributed by atoms with van der Waals surface area (Å²) in [5, 5.41) is 18.5. The van der Waals surface area contributed by atoms with E-state index in [1.807, 2.05) is 47.8 Å². The summed E-state index contributed by atoms with van der Waals surface area (Å²) in [5.41, 5.74) is 0. The monoisotopic (exact) mass is 348 g/mol. The molecule has 0 aromatic heterocycles. The average Bonchev–Trinajstić information content (AvgIpc) is 2.56. The number of aromatic hydroxyl groups is 2. The summed E-state index contributed by atoms with van der Waals surface area (Å²) in [4.78, 5) is 2.46. The molecule has 2 N–H and O–H groups in total. The van der Waals surface area contributed by atoms with Crippen molar-refractivity contribution in [3.63, 3.8) is 0 Å². The molecular weight excluding hydrogens is 324 g/mol. The summed E-state index contributed by atoms with van der Waals surface area (Å²) in [7, 11) is 0. The standard InChI is InChI=1S/C19H24O2S2/c20-16-6-10-18(11-7-16)22-14-4-2-1-3-5-15-23-19-12-8-17(21)9-13-19/h6-13,20-21H,1-5,14-15H2. The lowest BCUT2D eigenvalue weighted by Crippen LogP contribution is -1.85. The third-order valence-electron chi connectivity index (χ3n) is 3.50. The van der Waals surface area contributed by atoms with Crippen LogP contribution in [0.4, 0.5) is 0 Å². The minimum Gasteiger partial charge on any atom is -0.508 e. The van der Waals surface area contributed by atoms with Gasteiger partial charge >= 0.3 is 0 Å². The van der Waals surface area contributed by atoms with Crippen LogP contribution in [0.15, 0.2) is 58.3 Å². The van der Waals surface area contributed by atoms with Gasteiger partial charge in [0.15, 0.2) is 0 Å². The molecular formula is C19H24O2S2. The molecule has 2 nitrogen and oxygen atoms in total. The molecule has 0 aliphatic heterocycles. The van der Waals surface area contributed by atoms with Crippen LogP contribution in [-0.4, -0.2) is 21.7 Å². The van der Waals surface area contributed by atoms with Crippen molar-refractivity contribution in [3.05, 3.63) is 48.5 Å². The number of rotatable bonds is 10. The van der Waals surface area contributed by atoms with Gasteiger partial charge in [0, 0.05) is 9.79 Å². The van der Waals surface area contributed by atoms with E-state index in [0.29, 0.717) is 11.5 Å². The van der Waals surface area contributed by atoms with E-state index < -0.39 is 0 Å². The molecule has 0 saturated carbocycles. The fraction of sp³-hybridized carbons (Fsp3) is 0.368. The van der Waals surface area contributed by atoms with Gasteiger partial charge in [-0.3, -0.25) is 0 Å². The Balaban J connectivity index is 1.43. The molecule has 0 unspecified atom stereocenters. The zero-order valence-electron chi connectivity index (χ0n) is 13.3. The van der Waals surface area contributed by atoms with Crippen LogP contribution >= 0.6 is 23.5 Å². The SMILES string of the molecule is Oc1ccc(SCCCCCCCSc2ccc(O)cc2)cc1. The zero-order valence-corrected chi connectivity index (χ0v) is 14.9. The minimum atomic E-state index is 0.333. The first kappa shape index (κ1) is 18.1. The fourth-order valence-corrected chi connectivity index (χ4v) is 4.02. The van der Waals surface area contributed by atoms with E-state index in [9.17, 15) is 10.2 Å². The molecule has 2 rings (SSSR count). The number of hydrogen-bond acceptors (Lipinski definition) is 4. The second-order valence-corrected chi connectivity index (χ2v) is 7.79. The predicted octanol–water partition coefficient (Wildman–Crippen LogP) is 5.93. The lowest BCUT2D eigenvalue weighted by atomic mass is 10.2. The molecule has 4 heteroatoms. The molecule has 2 aromatic rings. The topological polar surface area (TPSA) is 40.5 Å². The van der Waals surface area contributed by atoms with Crippen LogP contribution in [0.2, 0.25) is 0 Å². The average molecular weight is 349 g/mol. The van der Waals surface area contributed by atoms with E-state index >= 15 is 0 Å². The molecule has 23 heavy (non-hydrogen) atoms. The van der Waals surface area contributed by atoms with Crippen LogP contribution in [0.3, 0.4) is 0 Å². The maximum atomic E-state index is 9.23. The Hall–Kier alpha value is -1.26. The summed E-state index contributed by atoms with van der Waals surface area (Å²) in [6.07, 6.45) is 6.36. The molecule has 0 aliphatic rings. The first-order chi connectivity index (χ1) is 11.2. The Morgan fingerprint density at radius 1 is 0.522 bits per heavy atom. The van der Waals surface area contributed by atoms with Crippen molar-refractivity contribution in [2.45, 2.75) is 41.9 Å². The smallest absolute Gasteiger partial charge is 0.115 e. The van der Waals surface area contributed by atoms with Gasteiger partial charge in [-0.25, -0.2) is 0 Å². The van der Waals surface area contributed by atoms with Crippen LogP contribution in [0, 0.1) is 0 Å². The first-order valence-corrected chi connectivity index (χ1v) is 10.0. The molecule has 0 saturated heterocycles. The third-order valence-corrected chi connectivity index (χ3v) is 5.70. The van der Waals surface area contributed by atoms with E-state index in [2.05, 4.69) is 0 Å². The summed E-state index contributed by atoms with van der Waals surface area (Å²) in [6.45, 7) is 0. The number of phenols is 2. The van der Waals surface area contributed by atoms with Crippen molar-refractivity contribution in [1.82, 2.24) is 0 Å². The molecule has 0 spiro atoms. The summed E-state index contributed by atoms with van der Waals surface area (Å²) < 4.78 is 0. The molecule has 124 valence electrons. The van der Waals surface area contributed by atoms with E-state index in [0.717, 1.165) is 11.5 Å². The van der Waals surface area contributed by atoms with Crippen molar-refractivity contribution < 1.29 is 10.2 Å². The largest absolute Gasteiger partial charge is 0.508 e. The summed E-state index contributed by atoms with van der Waals surface area (Å²) in [6, 6.07) is 14.9. The number of phenolic OH excluding ortho intramolecular Hbond substituents is 2. The van der Waals surface area contributed by atoms with Gasteiger partial charge in [0.05, 0.1) is 0 Å². The van der Waals surface area contributed by atoms with Crippen molar-refractivity contribution in [3.8, 4) is 11.5 Å². The Kier molecular flexibility index (Phi) is 8.26. The van der Waals surface area contributed by atoms with Crippen molar-refractivity contribution in [1.29, 1.82) is 0 Å². The molecule has 0 fully saturated rings. The number of thioether (sulfide) groups is 2. The van der Waals surface area contributed by atoms with E-state index in [4.69, 9.17) is 0 Å². The minimum absolute atomic E-state index is 0.333. The molecule has 0 heterocycles. The lowest BCUT2D eigenvalue weighted by molar-refractivity contribution is 0.474. The zero-order chi connectivity index (χ0) is 16.3. The molecule has 0 aliphatic carbocycles. The second kappa shape index (κ2) is 10.5. The van der Waals surface area contributed by atoms with Gasteiger partial charge in [0.2, 0.25) is 0 Å². The summed E-state index contributed by atoms with van der Waals surface area (Å²) in [5.74, 6) is 2.96. The van der Waals surface area contributed by atoms with Crippen molar-refractivity contribution in [2.75, 3.05) is 11.5 Å². The number of benzene rings is 2. The maximum absolute atomic E-state index is 9.23. The highest BCUT2D eigenvalue weighted by atomic mass is 32.2. The van der Waals surface area contributed by atoms with E-state index in [-0.39, 0.29) is 0 Å². The Morgan fingerprint density at radius 3 is 1.26 bits per heavy atom. The molecule has 0 amide bonds. The predicted molar refractivity (Wildman–Crippen MR) is 101 cm³/mol. The van der Waals surface area contributed by atoms with Crippen LogP contribution in [0.5, 0.6) is 11.5 Å². The Morgan fingerprint density at radius 2 is 0.870 bits per heavy atom. The van der Waals surface area contributed by atoms with Gasteiger partial charge in [-0.1, -0.05) is 19.3 Å². The summed E-state index contributed by atoms with van der Waals surface area (Å²) >= 11 is 3.72. The van der Waals surface area contributed by atoms with E-state index in [1.54, 1.807) is 24.3 Å². The maximum Gasteiger partial charge on any atom is 0.115 e. The van der Waals surface area contributed by atoms with Crippen LogP contribution < -0.4 is 0 Å². The van der Waals surface area contributed by atoms with Crippen LogP contribution in [-0.2, 0) is 0 Å². The van der Waals surface area contributed by atoms with Gasteiger partial charge in [0.1, 0.15) is 11.5 Å². The van der Waals surface area contributed by atoms with Gasteiger partial charge in [-0.15, -0.1) is 23.5 Å². The van der Waals surface area contributed by atoms with Crippen molar-refractivity contribution in [2.24, 2.45) is 0 Å². The third kappa shape index (κ3) is 7.71. The van der Waals surface area contributed by atoms with Crippen molar-refractivity contribution >= 4 is 23.5 Å². The molecule has 0 bridgehead atoms. The second-order valence-electron chi connectivity index (χ2n) is 5.45. The van der Waals surface area contributed by atoms with Gasteiger partial charge in [-0.2, -0.15) is 0 Å². The van der Waals surface area contributed by atoms with Crippen LogP contribution in [0.25, 0.3) is 0 Å². The highest BCUT2D eigenvalue weighted by Gasteiger charge is 1.97. The van der Waals surface area contributed by atoms with Gasteiger partial charge in [-0.05, 0) is 72.9 Å². The first-order valence-electron chi connectivity index (χ1n) is 8.08. The Bertz CT molecular complexity index is 501. The molecule has 0 radical (unpaired) electrons. The number of unbranched alkanes of at least 4 members (excludes halogenated alkanes) is 4. The van der Waals surface area contributed by atoms with Gasteiger partial charge < -0.3 is 10.2 Å². The highest BCUT2D eigenvalue weighted by Crippen LogP contribution is 2.23. The van der Waals surface area contributed by atoms with Gasteiger partial charge in [0.25, 0.3) is 0 Å². The number of hydrogen-bond donors (Lipinski definition) is 2. The highest BCUT2D eigenvalue weighted by molar-refractivity contribution is 7.99. The molecule has 2 aromatic carbocycles. The fourth-order valence-electron chi connectivity index (χ4n) is 2.20.